The van der Waals surface area contributed by atoms with Gasteiger partial charge in [-0.2, -0.15) is 0 Å². The van der Waals surface area contributed by atoms with Crippen LogP contribution in [0.15, 0.2) is 60.2 Å². The number of nitrogens with zero attached hydrogens (tertiary/aromatic N) is 2. The van der Waals surface area contributed by atoms with Gasteiger partial charge in [0.25, 0.3) is 5.91 Å². The molecule has 0 fully saturated rings. The summed E-state index contributed by atoms with van der Waals surface area (Å²) in [7, 11) is 1.26. The molecular weight excluding hydrogens is 489 g/mol. The van der Waals surface area contributed by atoms with E-state index in [0.717, 1.165) is 17.0 Å². The van der Waals surface area contributed by atoms with E-state index in [1.807, 2.05) is 51.1 Å². The maximum atomic E-state index is 12.7. The van der Waals surface area contributed by atoms with Gasteiger partial charge in [-0.25, -0.2) is 14.8 Å². The van der Waals surface area contributed by atoms with Crippen molar-refractivity contribution in [1.29, 1.82) is 0 Å². The summed E-state index contributed by atoms with van der Waals surface area (Å²) in [5, 5.41) is 3.04. The van der Waals surface area contributed by atoms with Crippen LogP contribution in [-0.4, -0.2) is 40.6 Å². The maximum Gasteiger partial charge on any atom is 0.328 e. The van der Waals surface area contributed by atoms with Crippen LogP contribution < -0.4 is 10.1 Å². The van der Waals surface area contributed by atoms with Gasteiger partial charge in [-0.3, -0.25) is 4.79 Å². The molecule has 0 saturated carbocycles. The zero-order valence-electron chi connectivity index (χ0n) is 20.0. The Labute approximate surface area is 214 Å². The SMILES string of the molecule is COC(=O)C(C/C=C/C1=CCC(C)(Oc2nc(C)cc(C)n2)C=C1)NC(=O)c1c(Cl)cccc1Cl. The zero-order chi connectivity index (χ0) is 25.6. The second-order valence-electron chi connectivity index (χ2n) is 8.37. The van der Waals surface area contributed by atoms with Gasteiger partial charge >= 0.3 is 12.0 Å². The van der Waals surface area contributed by atoms with Crippen LogP contribution in [0.2, 0.25) is 10.0 Å². The lowest BCUT2D eigenvalue weighted by Crippen LogP contribution is -2.41. The smallest absolute Gasteiger partial charge is 0.328 e. The van der Waals surface area contributed by atoms with E-state index in [2.05, 4.69) is 15.3 Å². The van der Waals surface area contributed by atoms with E-state index in [1.54, 1.807) is 24.3 Å². The lowest BCUT2D eigenvalue weighted by atomic mass is 9.93. The average molecular weight is 516 g/mol. The number of esters is 1. The van der Waals surface area contributed by atoms with Crippen LogP contribution in [0.4, 0.5) is 0 Å². The van der Waals surface area contributed by atoms with Gasteiger partial charge in [-0.1, -0.05) is 53.6 Å². The minimum atomic E-state index is -0.903. The van der Waals surface area contributed by atoms with Crippen LogP contribution in [0.1, 0.15) is 41.5 Å². The minimum absolute atomic E-state index is 0.110. The third-order valence-corrected chi connectivity index (χ3v) is 5.95. The molecule has 0 aliphatic heterocycles. The highest BCUT2D eigenvalue weighted by molar-refractivity contribution is 6.39. The molecule has 2 aromatic rings. The van der Waals surface area contributed by atoms with Crippen LogP contribution in [0, 0.1) is 13.8 Å². The van der Waals surface area contributed by atoms with Gasteiger partial charge in [-0.05, 0) is 57.0 Å². The van der Waals surface area contributed by atoms with Crippen LogP contribution >= 0.6 is 23.2 Å². The summed E-state index contributed by atoms with van der Waals surface area (Å²) in [6.45, 7) is 5.76. The number of aryl methyl sites for hydroxylation is 2. The lowest BCUT2D eigenvalue weighted by Gasteiger charge is -2.27. The highest BCUT2D eigenvalue weighted by Gasteiger charge is 2.26. The third kappa shape index (κ3) is 7.16. The summed E-state index contributed by atoms with van der Waals surface area (Å²) < 4.78 is 10.9. The van der Waals surface area contributed by atoms with E-state index in [1.165, 1.54) is 7.11 Å². The minimum Gasteiger partial charge on any atom is -0.467 e. The fraction of sp³-hybridized carbons (Fsp3) is 0.308. The van der Waals surface area contributed by atoms with Crippen molar-refractivity contribution >= 4 is 35.1 Å². The molecule has 1 aliphatic rings. The van der Waals surface area contributed by atoms with Gasteiger partial charge < -0.3 is 14.8 Å². The topological polar surface area (TPSA) is 90.4 Å². The van der Waals surface area contributed by atoms with E-state index in [0.29, 0.717) is 12.4 Å². The molecule has 3 rings (SSSR count). The number of methoxy groups -OCH3 is 1. The van der Waals surface area contributed by atoms with Crippen molar-refractivity contribution in [3.05, 3.63) is 87.2 Å². The van der Waals surface area contributed by atoms with Gasteiger partial charge in [0, 0.05) is 17.8 Å². The summed E-state index contributed by atoms with van der Waals surface area (Å²) in [6.07, 6.45) is 10.4. The van der Waals surface area contributed by atoms with Gasteiger partial charge in [0.05, 0.1) is 22.7 Å². The number of hydrogen-bond acceptors (Lipinski definition) is 6. The molecule has 1 aromatic heterocycles. The quantitative estimate of drug-likeness (QED) is 0.477. The average Bonchev–Trinajstić information content (AvgIpc) is 2.78. The highest BCUT2D eigenvalue weighted by Crippen LogP contribution is 2.27. The predicted molar refractivity (Wildman–Crippen MR) is 136 cm³/mol. The van der Waals surface area contributed by atoms with Crippen molar-refractivity contribution in [2.75, 3.05) is 7.11 Å². The molecule has 9 heteroatoms. The first kappa shape index (κ1) is 26.4. The first-order valence-electron chi connectivity index (χ1n) is 11.0. The molecule has 2 atom stereocenters. The predicted octanol–water partition coefficient (Wildman–Crippen LogP) is 5.34. The second-order valence-corrected chi connectivity index (χ2v) is 9.19. The summed E-state index contributed by atoms with van der Waals surface area (Å²) >= 11 is 12.2. The molecule has 2 unspecified atom stereocenters. The van der Waals surface area contributed by atoms with Crippen molar-refractivity contribution < 1.29 is 19.1 Å². The fourth-order valence-electron chi connectivity index (χ4n) is 3.52. The van der Waals surface area contributed by atoms with Gasteiger partial charge in [0.2, 0.25) is 0 Å². The first-order chi connectivity index (χ1) is 16.6. The molecule has 1 amide bonds. The maximum absolute atomic E-state index is 12.7. The van der Waals surface area contributed by atoms with Crippen molar-refractivity contribution in [2.45, 2.75) is 45.3 Å². The first-order valence-corrected chi connectivity index (χ1v) is 11.8. The number of amides is 1. The van der Waals surface area contributed by atoms with Gasteiger partial charge in [0.1, 0.15) is 11.6 Å². The van der Waals surface area contributed by atoms with E-state index >= 15 is 0 Å². The number of carbonyl (C=O) groups excluding carboxylic acids is 2. The number of rotatable bonds is 8. The number of ether oxygens (including phenoxy) is 2. The molecule has 0 bridgehead atoms. The Morgan fingerprint density at radius 3 is 2.43 bits per heavy atom. The molecule has 0 radical (unpaired) electrons. The van der Waals surface area contributed by atoms with Gasteiger partial charge in [0.15, 0.2) is 0 Å². The Hall–Kier alpha value is -3.16. The Bertz CT molecular complexity index is 1170. The molecule has 1 aliphatic carbocycles. The Morgan fingerprint density at radius 2 is 1.86 bits per heavy atom. The third-order valence-electron chi connectivity index (χ3n) is 5.32. The Kier molecular flexibility index (Phi) is 8.70. The molecule has 0 saturated heterocycles. The van der Waals surface area contributed by atoms with Crippen molar-refractivity contribution in [3.8, 4) is 6.01 Å². The summed E-state index contributed by atoms with van der Waals surface area (Å²) in [5.41, 5.74) is 2.17. The Balaban J connectivity index is 1.63. The molecule has 1 heterocycles. The Morgan fingerprint density at radius 1 is 1.20 bits per heavy atom. The molecule has 1 aromatic carbocycles. The second kappa shape index (κ2) is 11.5. The van der Waals surface area contributed by atoms with Crippen LogP contribution in [0.25, 0.3) is 0 Å². The van der Waals surface area contributed by atoms with Crippen molar-refractivity contribution in [3.63, 3.8) is 0 Å². The van der Waals surface area contributed by atoms with Crippen molar-refractivity contribution in [2.24, 2.45) is 0 Å². The molecule has 184 valence electrons. The number of carbonyl (C=O) groups is 2. The number of benzene rings is 1. The number of nitrogens with one attached hydrogen (secondary N) is 1. The van der Waals surface area contributed by atoms with E-state index in [-0.39, 0.29) is 22.0 Å². The van der Waals surface area contributed by atoms with E-state index in [9.17, 15) is 9.59 Å². The van der Waals surface area contributed by atoms with Crippen LogP contribution in [0.5, 0.6) is 6.01 Å². The number of aromatic nitrogens is 2. The molecule has 0 spiro atoms. The molecule has 35 heavy (non-hydrogen) atoms. The largest absolute Gasteiger partial charge is 0.467 e. The normalized spacial score (nSPS) is 18.2. The van der Waals surface area contributed by atoms with Crippen LogP contribution in [0.3, 0.4) is 0 Å². The zero-order valence-corrected chi connectivity index (χ0v) is 21.5. The fourth-order valence-corrected chi connectivity index (χ4v) is 4.09. The van der Waals surface area contributed by atoms with E-state index in [4.69, 9.17) is 32.7 Å². The van der Waals surface area contributed by atoms with Gasteiger partial charge in [-0.15, -0.1) is 0 Å². The number of hydrogen-bond donors (Lipinski definition) is 1. The lowest BCUT2D eigenvalue weighted by molar-refractivity contribution is -0.142. The summed E-state index contributed by atoms with van der Waals surface area (Å²) in [4.78, 5) is 33.6. The summed E-state index contributed by atoms with van der Waals surface area (Å²) in [5.74, 6) is -1.13. The standard InChI is InChI=1S/C26H27Cl2N3O4/c1-16-15-17(2)30-25(29-16)35-26(3)13-11-18(12-14-26)7-5-10-21(24(33)34-4)31-23(32)22-19(27)8-6-9-20(22)28/h5-9,11-13,15,21H,10,14H2,1-4H3,(H,31,32)/b7-5+. The van der Waals surface area contributed by atoms with E-state index < -0.39 is 23.5 Å². The van der Waals surface area contributed by atoms with Crippen molar-refractivity contribution in [1.82, 2.24) is 15.3 Å². The monoisotopic (exact) mass is 515 g/mol. The van der Waals surface area contributed by atoms with Crippen LogP contribution in [-0.2, 0) is 9.53 Å². The molecule has 7 nitrogen and oxygen atoms in total. The number of halogens is 2. The summed E-state index contributed by atoms with van der Waals surface area (Å²) in [6, 6.07) is 6.08. The molecule has 1 N–H and O–H groups in total. The highest BCUT2D eigenvalue weighted by atomic mass is 35.5. The number of allylic oxidation sites excluding steroid dienone is 3. The molecular formula is C26H27Cl2N3O4.